The van der Waals surface area contributed by atoms with E-state index in [0.29, 0.717) is 70.2 Å². The molecule has 6 nitrogen and oxygen atoms in total. The topological polar surface area (TPSA) is 26.4 Å². The van der Waals surface area contributed by atoms with Crippen LogP contribution in [-0.4, -0.2) is 13.7 Å². The maximum absolute atomic E-state index is 7.01. The SMILES string of the molecule is Clc1c(Cl)[n+](Cc2cc(C[n+]3cn(Cc4cccc5ccccc45)c(Cl)c3Cl)cc(C[n+]3cn(Cc4cccc5ccccc45)c(Cl)c3Cl)c2)cn1Cc1cccc2ccccc12.[Br-].[Br-].[Br-]. The second kappa shape index (κ2) is 21.6. The van der Waals surface area contributed by atoms with Gasteiger partial charge in [0.25, 0.3) is 30.9 Å². The van der Waals surface area contributed by atoms with E-state index in [0.717, 1.165) is 33.4 Å². The Bertz CT molecular complexity index is 2990. The first-order chi connectivity index (χ1) is 30.7. The molecule has 66 heavy (non-hydrogen) atoms. The Labute approximate surface area is 444 Å². The molecule has 0 aliphatic heterocycles. The van der Waals surface area contributed by atoms with Gasteiger partial charge in [-0.25, -0.2) is 27.4 Å². The van der Waals surface area contributed by atoms with Gasteiger partial charge >= 0.3 is 0 Å². The van der Waals surface area contributed by atoms with Crippen molar-refractivity contribution in [1.29, 1.82) is 0 Å². The van der Waals surface area contributed by atoms with Crippen LogP contribution in [0.4, 0.5) is 0 Å². The quantitative estimate of drug-likeness (QED) is 0.168. The lowest BCUT2D eigenvalue weighted by atomic mass is 10.0. The molecule has 15 heteroatoms. The number of hydrogen-bond donors (Lipinski definition) is 0. The van der Waals surface area contributed by atoms with Crippen LogP contribution in [0.25, 0.3) is 32.3 Å². The Morgan fingerprint density at radius 3 is 0.879 bits per heavy atom. The Morgan fingerprint density at radius 1 is 0.333 bits per heavy atom. The molecule has 3 aromatic heterocycles. The smallest absolute Gasteiger partial charge is 0.255 e. The molecule has 0 saturated heterocycles. The summed E-state index contributed by atoms with van der Waals surface area (Å²) < 4.78 is 11.9. The summed E-state index contributed by atoms with van der Waals surface area (Å²) in [6, 6.07) is 50.5. The maximum atomic E-state index is 7.01. The molecule has 0 aliphatic rings. The minimum atomic E-state index is 0. The number of fused-ring (bicyclic) bond motifs is 3. The van der Waals surface area contributed by atoms with E-state index in [1.54, 1.807) is 0 Å². The predicted octanol–water partition coefficient (Wildman–Crippen LogP) is 3.64. The van der Waals surface area contributed by atoms with E-state index < -0.39 is 0 Å². The van der Waals surface area contributed by atoms with Crippen molar-refractivity contribution >= 4 is 102 Å². The molecule has 0 saturated carbocycles. The van der Waals surface area contributed by atoms with Gasteiger partial charge in [-0.3, -0.25) is 0 Å². The molecule has 0 radical (unpaired) electrons. The van der Waals surface area contributed by atoms with Crippen LogP contribution in [0.5, 0.6) is 0 Å². The number of halogens is 9. The molecule has 0 bridgehead atoms. The standard InChI is InChI=1S/C51H39Cl6N6.3BrH/c52-46-49(55)61(28-40-16-7-13-37-10-1-4-19-43(37)40)31-58(46)25-34-22-35(26-59-32-62(50(56)47(59)53)29-41-17-8-14-38-11-2-5-20-44(38)41)24-36(23-34)27-60-33-63(51(57)48(60)54)30-42-18-9-15-39-12-3-6-21-45(39)42;;;/h1-24,31-33H,25-30H2;3*1H/q+3;;;/p-3. The van der Waals surface area contributed by atoms with Crippen molar-refractivity contribution in [1.82, 2.24) is 13.7 Å². The highest BCUT2D eigenvalue weighted by Crippen LogP contribution is 2.28. The summed E-state index contributed by atoms with van der Waals surface area (Å²) in [5.74, 6) is 0. The molecule has 0 spiro atoms. The molecule has 10 rings (SSSR count). The maximum Gasteiger partial charge on any atom is 0.255 e. The fourth-order valence-electron chi connectivity index (χ4n) is 8.73. The second-order valence-electron chi connectivity index (χ2n) is 15.9. The summed E-state index contributed by atoms with van der Waals surface area (Å²) in [5, 5.41) is 9.81. The molecule has 0 amide bonds. The first kappa shape index (κ1) is 50.0. The number of hydrogen-bond acceptors (Lipinski definition) is 0. The van der Waals surface area contributed by atoms with Gasteiger partial charge < -0.3 is 50.9 Å². The van der Waals surface area contributed by atoms with E-state index >= 15 is 0 Å². The van der Waals surface area contributed by atoms with E-state index in [2.05, 4.69) is 127 Å². The molecule has 0 fully saturated rings. The summed E-state index contributed by atoms with van der Waals surface area (Å²) in [4.78, 5) is 0. The van der Waals surface area contributed by atoms with Gasteiger partial charge in [0.15, 0.2) is 0 Å². The lowest BCUT2D eigenvalue weighted by Gasteiger charge is -2.08. The van der Waals surface area contributed by atoms with Gasteiger partial charge in [0.05, 0.1) is 0 Å². The van der Waals surface area contributed by atoms with Crippen LogP contribution in [0, 0.1) is 0 Å². The zero-order chi connectivity index (χ0) is 43.2. The van der Waals surface area contributed by atoms with Crippen LogP contribution < -0.4 is 64.6 Å². The largest absolute Gasteiger partial charge is 1.00 e. The molecule has 10 aromatic rings. The summed E-state index contributed by atoms with van der Waals surface area (Å²) in [7, 11) is 0. The van der Waals surface area contributed by atoms with Gasteiger partial charge in [0, 0.05) is 16.7 Å². The van der Waals surface area contributed by atoms with E-state index in [4.69, 9.17) is 69.6 Å². The van der Waals surface area contributed by atoms with Crippen molar-refractivity contribution in [2.45, 2.75) is 39.3 Å². The Kier molecular flexibility index (Phi) is 16.4. The van der Waals surface area contributed by atoms with Gasteiger partial charge in [-0.2, -0.15) is 0 Å². The van der Waals surface area contributed by atoms with E-state index in [9.17, 15) is 0 Å². The zero-order valence-corrected chi connectivity index (χ0v) is 44.2. The van der Waals surface area contributed by atoms with Crippen LogP contribution in [0.15, 0.2) is 165 Å². The highest BCUT2D eigenvalue weighted by atomic mass is 79.9. The van der Waals surface area contributed by atoms with Crippen LogP contribution in [0.3, 0.4) is 0 Å². The van der Waals surface area contributed by atoms with E-state index in [-0.39, 0.29) is 50.9 Å². The summed E-state index contributed by atoms with van der Waals surface area (Å²) >= 11 is 41.9. The first-order valence-corrected chi connectivity index (χ1v) is 22.8. The summed E-state index contributed by atoms with van der Waals surface area (Å²) in [6.07, 6.45) is 5.95. The van der Waals surface area contributed by atoms with Gasteiger partial charge in [-0.05, 0) is 137 Å². The van der Waals surface area contributed by atoms with Crippen molar-refractivity contribution in [3.8, 4) is 0 Å². The second-order valence-corrected chi connectivity index (χ2v) is 18.1. The fraction of sp³-hybridized carbons (Fsp3) is 0.118. The van der Waals surface area contributed by atoms with E-state index in [1.165, 1.54) is 32.3 Å². The third-order valence-electron chi connectivity index (χ3n) is 11.7. The summed E-state index contributed by atoms with van der Waals surface area (Å²) in [5.41, 5.74) is 6.51. The summed E-state index contributed by atoms with van der Waals surface area (Å²) in [6.45, 7) is 3.08. The number of nitrogens with zero attached hydrogens (tertiary/aromatic N) is 6. The van der Waals surface area contributed by atoms with Crippen LogP contribution in [-0.2, 0) is 39.3 Å². The molecule has 336 valence electrons. The van der Waals surface area contributed by atoms with Crippen molar-refractivity contribution in [2.75, 3.05) is 0 Å². The van der Waals surface area contributed by atoms with E-state index in [1.807, 2.05) is 64.6 Å². The lowest BCUT2D eigenvalue weighted by molar-refractivity contribution is -0.687. The third-order valence-corrected chi connectivity index (χ3v) is 14.4. The zero-order valence-electron chi connectivity index (χ0n) is 34.9. The Morgan fingerprint density at radius 2 is 0.591 bits per heavy atom. The van der Waals surface area contributed by atoms with Gasteiger partial charge in [-0.1, -0.05) is 127 Å². The highest BCUT2D eigenvalue weighted by Gasteiger charge is 2.26. The fourth-order valence-corrected chi connectivity index (χ4v) is 10.00. The monoisotopic (exact) mass is 1180 g/mol. The molecule has 0 atom stereocenters. The molecule has 0 aliphatic carbocycles. The molecular formula is C51H39Br3Cl6N6. The molecule has 7 aromatic carbocycles. The number of imidazole rings is 3. The average molecular weight is 1190 g/mol. The number of benzene rings is 7. The van der Waals surface area contributed by atoms with Gasteiger partial charge in [-0.15, -0.1) is 0 Å². The van der Waals surface area contributed by atoms with Crippen molar-refractivity contribution in [2.24, 2.45) is 0 Å². The number of rotatable bonds is 12. The van der Waals surface area contributed by atoms with Crippen molar-refractivity contribution in [3.63, 3.8) is 0 Å². The Hall–Kier alpha value is -3.87. The average Bonchev–Trinajstić information content (AvgIpc) is 3.83. The van der Waals surface area contributed by atoms with Gasteiger partial charge in [0.1, 0.15) is 39.3 Å². The minimum Gasteiger partial charge on any atom is -1.00 e. The minimum absolute atomic E-state index is 0. The first-order valence-electron chi connectivity index (χ1n) is 20.5. The predicted molar refractivity (Wildman–Crippen MR) is 257 cm³/mol. The lowest BCUT2D eigenvalue weighted by Crippen LogP contribution is -3.00. The van der Waals surface area contributed by atoms with Crippen molar-refractivity contribution in [3.05, 3.63) is 229 Å². The van der Waals surface area contributed by atoms with Gasteiger partial charge in [0.2, 0.25) is 19.0 Å². The Balaban J connectivity index is 0.00000216. The van der Waals surface area contributed by atoms with Crippen molar-refractivity contribution < 1.29 is 64.6 Å². The van der Waals surface area contributed by atoms with Crippen LogP contribution in [0.1, 0.15) is 33.4 Å². The normalized spacial score (nSPS) is 11.2. The molecule has 0 N–H and O–H groups in total. The molecule has 3 heterocycles. The number of aromatic nitrogens is 6. The van der Waals surface area contributed by atoms with Crippen LogP contribution >= 0.6 is 69.6 Å². The third kappa shape index (κ3) is 10.3. The van der Waals surface area contributed by atoms with Crippen LogP contribution in [0.2, 0.25) is 30.9 Å². The molecule has 0 unspecified atom stereocenters. The molecular weight excluding hydrogens is 1150 g/mol. The highest BCUT2D eigenvalue weighted by molar-refractivity contribution is 6.40.